The summed E-state index contributed by atoms with van der Waals surface area (Å²) in [6.07, 6.45) is 1.93. The molecule has 1 saturated heterocycles. The monoisotopic (exact) mass is 305 g/mol. The maximum atomic E-state index is 12.2. The van der Waals surface area contributed by atoms with E-state index in [4.69, 9.17) is 14.2 Å². The Morgan fingerprint density at radius 1 is 1.36 bits per heavy atom. The molecular weight excluding hydrogens is 282 g/mol. The molecule has 2 atom stereocenters. The Morgan fingerprint density at radius 2 is 2.09 bits per heavy atom. The zero-order chi connectivity index (χ0) is 15.9. The van der Waals surface area contributed by atoms with E-state index in [1.54, 1.807) is 7.11 Å². The first-order chi connectivity index (χ1) is 10.5. The molecule has 120 valence electrons. The van der Waals surface area contributed by atoms with Crippen molar-refractivity contribution in [1.29, 1.82) is 0 Å². The number of hydrogen-bond donors (Lipinski definition) is 0. The van der Waals surface area contributed by atoms with Crippen LogP contribution < -0.4 is 9.47 Å². The summed E-state index contributed by atoms with van der Waals surface area (Å²) in [6.45, 7) is 6.50. The highest BCUT2D eigenvalue weighted by molar-refractivity contribution is 5.73. The standard InChI is InChI=1S/C17H23NO4/c1-5-21-15-10-12(6-9-14(15)20-4)17(3)11(2)18(13-7-8-13)16(19)22-17/h6,9-11,13H,5,7-8H2,1-4H3. The minimum Gasteiger partial charge on any atom is -0.493 e. The van der Waals surface area contributed by atoms with Gasteiger partial charge in [-0.05, 0) is 45.7 Å². The van der Waals surface area contributed by atoms with Gasteiger partial charge in [-0.15, -0.1) is 0 Å². The number of rotatable bonds is 5. The van der Waals surface area contributed by atoms with E-state index in [1.807, 2.05) is 43.9 Å². The van der Waals surface area contributed by atoms with E-state index in [9.17, 15) is 4.79 Å². The molecule has 1 heterocycles. The van der Waals surface area contributed by atoms with E-state index in [-0.39, 0.29) is 12.1 Å². The van der Waals surface area contributed by atoms with Gasteiger partial charge in [0.25, 0.3) is 0 Å². The van der Waals surface area contributed by atoms with Gasteiger partial charge in [0.1, 0.15) is 0 Å². The Balaban J connectivity index is 1.95. The second kappa shape index (κ2) is 5.38. The number of nitrogens with zero attached hydrogens (tertiary/aromatic N) is 1. The highest BCUT2D eigenvalue weighted by Crippen LogP contribution is 2.45. The van der Waals surface area contributed by atoms with Gasteiger partial charge < -0.3 is 14.2 Å². The largest absolute Gasteiger partial charge is 0.493 e. The molecule has 1 aliphatic carbocycles. The molecule has 2 unspecified atom stereocenters. The third-order valence-electron chi connectivity index (χ3n) is 4.70. The summed E-state index contributed by atoms with van der Waals surface area (Å²) in [6, 6.07) is 6.07. The second-order valence-corrected chi connectivity index (χ2v) is 6.09. The van der Waals surface area contributed by atoms with Crippen molar-refractivity contribution in [2.75, 3.05) is 13.7 Å². The van der Waals surface area contributed by atoms with Crippen LogP contribution in [0, 0.1) is 0 Å². The molecule has 1 aliphatic heterocycles. The Morgan fingerprint density at radius 3 is 2.68 bits per heavy atom. The Kier molecular flexibility index (Phi) is 3.67. The first-order valence-corrected chi connectivity index (χ1v) is 7.84. The molecule has 3 rings (SSSR count). The van der Waals surface area contributed by atoms with Gasteiger partial charge in [0.05, 0.1) is 19.8 Å². The number of cyclic esters (lactones) is 1. The van der Waals surface area contributed by atoms with Crippen molar-refractivity contribution in [1.82, 2.24) is 4.90 Å². The van der Waals surface area contributed by atoms with Gasteiger partial charge in [0, 0.05) is 11.6 Å². The molecular formula is C17H23NO4. The molecule has 1 amide bonds. The lowest BCUT2D eigenvalue weighted by Gasteiger charge is -2.30. The van der Waals surface area contributed by atoms with Crippen LogP contribution in [-0.4, -0.2) is 36.8 Å². The van der Waals surface area contributed by atoms with Gasteiger partial charge in [-0.3, -0.25) is 4.90 Å². The smallest absolute Gasteiger partial charge is 0.411 e. The number of benzene rings is 1. The van der Waals surface area contributed by atoms with Crippen molar-refractivity contribution < 1.29 is 19.0 Å². The average molecular weight is 305 g/mol. The van der Waals surface area contributed by atoms with Gasteiger partial charge in [-0.2, -0.15) is 0 Å². The summed E-state index contributed by atoms with van der Waals surface area (Å²) < 4.78 is 16.7. The highest BCUT2D eigenvalue weighted by Gasteiger charge is 2.53. The zero-order valence-electron chi connectivity index (χ0n) is 13.6. The highest BCUT2D eigenvalue weighted by atomic mass is 16.6. The van der Waals surface area contributed by atoms with Crippen LogP contribution in [0.3, 0.4) is 0 Å². The fourth-order valence-corrected chi connectivity index (χ4v) is 3.11. The first kappa shape index (κ1) is 15.0. The zero-order valence-corrected chi connectivity index (χ0v) is 13.6. The Labute approximate surface area is 131 Å². The van der Waals surface area contributed by atoms with Gasteiger partial charge in [0.15, 0.2) is 17.1 Å². The van der Waals surface area contributed by atoms with Gasteiger partial charge in [-0.25, -0.2) is 4.79 Å². The van der Waals surface area contributed by atoms with E-state index in [0.717, 1.165) is 18.4 Å². The van der Waals surface area contributed by atoms with Crippen LogP contribution in [0.25, 0.3) is 0 Å². The SMILES string of the molecule is CCOc1cc(C2(C)OC(=O)N(C3CC3)C2C)ccc1OC. The molecule has 1 saturated carbocycles. The summed E-state index contributed by atoms with van der Waals surface area (Å²) in [5.41, 5.74) is 0.262. The van der Waals surface area contributed by atoms with Crippen LogP contribution in [-0.2, 0) is 10.3 Å². The van der Waals surface area contributed by atoms with Crippen LogP contribution in [0.15, 0.2) is 18.2 Å². The number of carbonyl (C=O) groups is 1. The van der Waals surface area contributed by atoms with Crippen molar-refractivity contribution in [2.45, 2.75) is 51.3 Å². The van der Waals surface area contributed by atoms with Crippen LogP contribution in [0.1, 0.15) is 39.2 Å². The molecule has 2 fully saturated rings. The third-order valence-corrected chi connectivity index (χ3v) is 4.70. The van der Waals surface area contributed by atoms with E-state index >= 15 is 0 Å². The second-order valence-electron chi connectivity index (χ2n) is 6.09. The molecule has 0 spiro atoms. The molecule has 0 aromatic heterocycles. The van der Waals surface area contributed by atoms with Crippen LogP contribution in [0.2, 0.25) is 0 Å². The maximum absolute atomic E-state index is 12.2. The van der Waals surface area contributed by atoms with Gasteiger partial charge in [-0.1, -0.05) is 6.07 Å². The third kappa shape index (κ3) is 2.28. The molecule has 5 nitrogen and oxygen atoms in total. The van der Waals surface area contributed by atoms with Crippen molar-refractivity contribution in [3.05, 3.63) is 23.8 Å². The van der Waals surface area contributed by atoms with Gasteiger partial charge >= 0.3 is 6.09 Å². The van der Waals surface area contributed by atoms with Crippen LogP contribution in [0.5, 0.6) is 11.5 Å². The Bertz CT molecular complexity index is 584. The fraction of sp³-hybridized carbons (Fsp3) is 0.588. The average Bonchev–Trinajstić information content (AvgIpc) is 3.28. The lowest BCUT2D eigenvalue weighted by Crippen LogP contribution is -2.40. The molecule has 2 aliphatic rings. The fourth-order valence-electron chi connectivity index (χ4n) is 3.11. The minimum atomic E-state index is -0.669. The first-order valence-electron chi connectivity index (χ1n) is 7.84. The van der Waals surface area contributed by atoms with E-state index < -0.39 is 5.60 Å². The normalized spacial score (nSPS) is 27.7. The Hall–Kier alpha value is -1.91. The molecule has 1 aromatic carbocycles. The van der Waals surface area contributed by atoms with Crippen LogP contribution >= 0.6 is 0 Å². The summed E-state index contributed by atoms with van der Waals surface area (Å²) in [5, 5.41) is 0. The molecule has 22 heavy (non-hydrogen) atoms. The topological polar surface area (TPSA) is 48.0 Å². The number of amides is 1. The summed E-state index contributed by atoms with van der Waals surface area (Å²) in [7, 11) is 1.62. The quantitative estimate of drug-likeness (QED) is 0.837. The minimum absolute atomic E-state index is 0.00429. The lowest BCUT2D eigenvalue weighted by atomic mass is 9.88. The van der Waals surface area contributed by atoms with Crippen LogP contribution in [0.4, 0.5) is 4.79 Å². The van der Waals surface area contributed by atoms with Crippen molar-refractivity contribution in [3.63, 3.8) is 0 Å². The maximum Gasteiger partial charge on any atom is 0.411 e. The summed E-state index contributed by atoms with van der Waals surface area (Å²) in [5.74, 6) is 1.36. The number of ether oxygens (including phenoxy) is 3. The molecule has 0 N–H and O–H groups in total. The molecule has 1 aromatic rings. The molecule has 0 radical (unpaired) electrons. The summed E-state index contributed by atoms with van der Waals surface area (Å²) in [4.78, 5) is 14.1. The predicted molar refractivity (Wildman–Crippen MR) is 82.3 cm³/mol. The summed E-state index contributed by atoms with van der Waals surface area (Å²) >= 11 is 0. The lowest BCUT2D eigenvalue weighted by molar-refractivity contribution is 0.0520. The van der Waals surface area contributed by atoms with Crippen molar-refractivity contribution in [3.8, 4) is 11.5 Å². The number of methoxy groups -OCH3 is 1. The predicted octanol–water partition coefficient (Wildman–Crippen LogP) is 3.31. The number of carbonyl (C=O) groups excluding carboxylic acids is 1. The van der Waals surface area contributed by atoms with E-state index in [1.165, 1.54) is 0 Å². The van der Waals surface area contributed by atoms with Crippen molar-refractivity contribution >= 4 is 6.09 Å². The van der Waals surface area contributed by atoms with Crippen molar-refractivity contribution in [2.24, 2.45) is 0 Å². The van der Waals surface area contributed by atoms with E-state index in [2.05, 4.69) is 0 Å². The van der Waals surface area contributed by atoms with Gasteiger partial charge in [0.2, 0.25) is 0 Å². The molecule has 5 heteroatoms. The number of hydrogen-bond acceptors (Lipinski definition) is 4. The molecule has 0 bridgehead atoms. The van der Waals surface area contributed by atoms with E-state index in [0.29, 0.717) is 24.1 Å².